The first-order chi connectivity index (χ1) is 38.0. The van der Waals surface area contributed by atoms with Crippen LogP contribution in [0.5, 0.6) is 0 Å². The summed E-state index contributed by atoms with van der Waals surface area (Å²) in [4.78, 5) is 38.1. The van der Waals surface area contributed by atoms with Gasteiger partial charge in [0.15, 0.2) is 6.10 Å². The lowest BCUT2D eigenvalue weighted by molar-refractivity contribution is -0.167. The number of carbonyl (C=O) groups is 3. The van der Waals surface area contributed by atoms with E-state index in [-0.39, 0.29) is 31.1 Å². The summed E-state index contributed by atoms with van der Waals surface area (Å²) in [6.07, 6.45) is 85.3. The first-order valence-corrected chi connectivity index (χ1v) is 33.4. The van der Waals surface area contributed by atoms with Crippen molar-refractivity contribution in [3.63, 3.8) is 0 Å². The van der Waals surface area contributed by atoms with E-state index in [0.29, 0.717) is 19.3 Å². The van der Waals surface area contributed by atoms with Crippen molar-refractivity contribution in [1.82, 2.24) is 0 Å². The Morgan fingerprint density at radius 3 is 0.805 bits per heavy atom. The van der Waals surface area contributed by atoms with Gasteiger partial charge in [0.25, 0.3) is 0 Å². The maximum Gasteiger partial charge on any atom is 0.306 e. The molecule has 0 aromatic carbocycles. The number of hydrogen-bond acceptors (Lipinski definition) is 6. The van der Waals surface area contributed by atoms with Crippen LogP contribution >= 0.6 is 0 Å². The lowest BCUT2D eigenvalue weighted by Gasteiger charge is -2.18. The third kappa shape index (κ3) is 63.6. The molecule has 0 N–H and O–H groups in total. The van der Waals surface area contributed by atoms with Crippen LogP contribution in [0.1, 0.15) is 342 Å². The summed E-state index contributed by atoms with van der Waals surface area (Å²) in [6.45, 7) is 6.50. The molecule has 0 aliphatic carbocycles. The number of ether oxygens (including phenoxy) is 3. The van der Waals surface area contributed by atoms with Gasteiger partial charge in [0.1, 0.15) is 13.2 Å². The molecule has 0 aliphatic heterocycles. The molecule has 6 nitrogen and oxygen atoms in total. The molecule has 0 aliphatic rings. The Morgan fingerprint density at radius 2 is 0.506 bits per heavy atom. The van der Waals surface area contributed by atoms with Gasteiger partial charge in [-0.3, -0.25) is 14.4 Å². The van der Waals surface area contributed by atoms with Crippen LogP contribution in [0, 0.1) is 0 Å². The summed E-state index contributed by atoms with van der Waals surface area (Å²) >= 11 is 0. The molecule has 0 bridgehead atoms. The molecule has 6 heteroatoms. The molecule has 0 aromatic heterocycles. The summed E-state index contributed by atoms with van der Waals surface area (Å²) in [5.74, 6) is -0.877. The Morgan fingerprint density at radius 1 is 0.273 bits per heavy atom. The average molecular weight is 1080 g/mol. The number of hydrogen-bond donors (Lipinski definition) is 0. The number of unbranched alkanes of at least 4 members (excludes halogenated alkanes) is 38. The first kappa shape index (κ1) is 73.8. The third-order valence-electron chi connectivity index (χ3n) is 14.7. The fourth-order valence-corrected chi connectivity index (χ4v) is 9.70. The van der Waals surface area contributed by atoms with E-state index >= 15 is 0 Å². The Kier molecular flexibility index (Phi) is 62.7. The van der Waals surface area contributed by atoms with Gasteiger partial charge in [-0.05, 0) is 89.9 Å². The average Bonchev–Trinajstić information content (AvgIpc) is 3.43. The molecule has 0 radical (unpaired) electrons. The largest absolute Gasteiger partial charge is 0.462 e. The third-order valence-corrected chi connectivity index (χ3v) is 14.7. The maximum absolute atomic E-state index is 12.8. The zero-order chi connectivity index (χ0) is 55.7. The quantitative estimate of drug-likeness (QED) is 0.0261. The summed E-state index contributed by atoms with van der Waals surface area (Å²) in [5.41, 5.74) is 0. The second-order valence-electron chi connectivity index (χ2n) is 22.4. The smallest absolute Gasteiger partial charge is 0.306 e. The molecule has 1 unspecified atom stereocenters. The standard InChI is InChI=1S/C71H126O6/c1-4-7-10-13-16-19-21-23-25-27-28-29-30-31-32-33-34-35-36-37-38-39-40-41-42-43-44-45-47-48-50-52-55-58-61-64-70(73)76-67-68(66-75-69(72)63-60-57-54-18-15-12-9-6-3)77-71(74)65-62-59-56-53-51-49-46-26-24-22-20-17-14-11-8-5-2/h7,10,16,19-20,22-23,25-26,28-29,46,68H,4-6,8-9,11-15,17-18,21,24,27,30-45,47-67H2,1-3H3/b10-7-,19-16-,22-20-,25-23-,29-28-,46-26-. The predicted molar refractivity (Wildman–Crippen MR) is 335 cm³/mol. The van der Waals surface area contributed by atoms with Gasteiger partial charge in [-0.2, -0.15) is 0 Å². The topological polar surface area (TPSA) is 78.9 Å². The highest BCUT2D eigenvalue weighted by Gasteiger charge is 2.19. The van der Waals surface area contributed by atoms with Gasteiger partial charge in [-0.1, -0.05) is 306 Å². The van der Waals surface area contributed by atoms with Gasteiger partial charge in [-0.25, -0.2) is 0 Å². The second kappa shape index (κ2) is 65.4. The van der Waals surface area contributed by atoms with Crippen molar-refractivity contribution in [2.75, 3.05) is 13.2 Å². The molecule has 0 saturated carbocycles. The van der Waals surface area contributed by atoms with Gasteiger partial charge in [0, 0.05) is 19.3 Å². The van der Waals surface area contributed by atoms with Gasteiger partial charge < -0.3 is 14.2 Å². The summed E-state index contributed by atoms with van der Waals surface area (Å²) in [5, 5.41) is 0. The minimum absolute atomic E-state index is 0.0757. The summed E-state index contributed by atoms with van der Waals surface area (Å²) in [6, 6.07) is 0. The van der Waals surface area contributed by atoms with Gasteiger partial charge in [-0.15, -0.1) is 0 Å². The highest BCUT2D eigenvalue weighted by Crippen LogP contribution is 2.17. The van der Waals surface area contributed by atoms with Crippen molar-refractivity contribution in [3.05, 3.63) is 72.9 Å². The van der Waals surface area contributed by atoms with Crippen molar-refractivity contribution in [3.8, 4) is 0 Å². The molecular weight excluding hydrogens is 949 g/mol. The van der Waals surface area contributed by atoms with Crippen molar-refractivity contribution in [2.45, 2.75) is 348 Å². The summed E-state index contributed by atoms with van der Waals surface area (Å²) < 4.78 is 16.8. The molecule has 446 valence electrons. The lowest BCUT2D eigenvalue weighted by Crippen LogP contribution is -2.30. The van der Waals surface area contributed by atoms with E-state index in [4.69, 9.17) is 14.2 Å². The highest BCUT2D eigenvalue weighted by molar-refractivity contribution is 5.71. The molecule has 0 fully saturated rings. The van der Waals surface area contributed by atoms with E-state index in [9.17, 15) is 14.4 Å². The zero-order valence-electron chi connectivity index (χ0n) is 51.2. The van der Waals surface area contributed by atoms with E-state index in [1.165, 1.54) is 193 Å². The first-order valence-electron chi connectivity index (χ1n) is 33.4. The molecule has 0 spiro atoms. The minimum Gasteiger partial charge on any atom is -0.462 e. The van der Waals surface area contributed by atoms with Crippen LogP contribution in [-0.4, -0.2) is 37.2 Å². The maximum atomic E-state index is 12.8. The zero-order valence-corrected chi connectivity index (χ0v) is 51.2. The molecule has 0 aromatic rings. The number of carbonyl (C=O) groups excluding carboxylic acids is 3. The number of esters is 3. The SMILES string of the molecule is CC/C=C\C/C=C\C/C=C\C/C=C\CCCCCCCCCCCCCCCCCCCCCCCCC(=O)OCC(COC(=O)CCCCCCCCCC)OC(=O)CCCCCCC/C=C\C/C=C\CCCCCC. The van der Waals surface area contributed by atoms with Crippen molar-refractivity contribution < 1.29 is 28.6 Å². The minimum atomic E-state index is -0.777. The van der Waals surface area contributed by atoms with Crippen LogP contribution in [0.2, 0.25) is 0 Å². The number of rotatable bonds is 61. The van der Waals surface area contributed by atoms with Gasteiger partial charge in [0.2, 0.25) is 0 Å². The Labute approximate surface area is 478 Å². The Bertz CT molecular complexity index is 1420. The fourth-order valence-electron chi connectivity index (χ4n) is 9.70. The van der Waals surface area contributed by atoms with Crippen LogP contribution in [0.15, 0.2) is 72.9 Å². The monoisotopic (exact) mass is 1070 g/mol. The van der Waals surface area contributed by atoms with Gasteiger partial charge >= 0.3 is 17.9 Å². The molecule has 0 amide bonds. The Hall–Kier alpha value is -3.15. The van der Waals surface area contributed by atoms with E-state index in [0.717, 1.165) is 109 Å². The highest BCUT2D eigenvalue weighted by atomic mass is 16.6. The van der Waals surface area contributed by atoms with E-state index in [1.54, 1.807) is 0 Å². The van der Waals surface area contributed by atoms with Crippen molar-refractivity contribution in [1.29, 1.82) is 0 Å². The van der Waals surface area contributed by atoms with Crippen LogP contribution in [0.4, 0.5) is 0 Å². The predicted octanol–water partition coefficient (Wildman–Crippen LogP) is 22.9. The second-order valence-corrected chi connectivity index (χ2v) is 22.4. The van der Waals surface area contributed by atoms with E-state index in [2.05, 4.69) is 93.7 Å². The fraction of sp³-hybridized carbons (Fsp3) is 0.789. The molecule has 1 atom stereocenters. The van der Waals surface area contributed by atoms with Crippen LogP contribution < -0.4 is 0 Å². The van der Waals surface area contributed by atoms with E-state index in [1.807, 2.05) is 0 Å². The van der Waals surface area contributed by atoms with Gasteiger partial charge in [0.05, 0.1) is 0 Å². The number of allylic oxidation sites excluding steroid dienone is 12. The Balaban J connectivity index is 3.99. The van der Waals surface area contributed by atoms with Crippen LogP contribution in [0.3, 0.4) is 0 Å². The van der Waals surface area contributed by atoms with Crippen LogP contribution in [0.25, 0.3) is 0 Å². The van der Waals surface area contributed by atoms with E-state index < -0.39 is 6.10 Å². The van der Waals surface area contributed by atoms with Crippen LogP contribution in [-0.2, 0) is 28.6 Å². The molecule has 0 heterocycles. The molecule has 0 saturated heterocycles. The van der Waals surface area contributed by atoms with Crippen molar-refractivity contribution in [2.24, 2.45) is 0 Å². The summed E-state index contributed by atoms with van der Waals surface area (Å²) in [7, 11) is 0. The lowest BCUT2D eigenvalue weighted by atomic mass is 10.0. The molecule has 77 heavy (non-hydrogen) atoms. The van der Waals surface area contributed by atoms with Crippen molar-refractivity contribution >= 4 is 17.9 Å². The normalized spacial score (nSPS) is 12.5. The molecule has 0 rings (SSSR count). The molecular formula is C71H126O6.